The number of hydrogen-bond acceptors (Lipinski definition) is 3. The van der Waals surface area contributed by atoms with Gasteiger partial charge in [0.2, 0.25) is 0 Å². The summed E-state index contributed by atoms with van der Waals surface area (Å²) >= 11 is 1.46. The molecule has 0 bridgehead atoms. The minimum atomic E-state index is -0.871. The van der Waals surface area contributed by atoms with Gasteiger partial charge in [0.15, 0.2) is 0 Å². The highest BCUT2D eigenvalue weighted by molar-refractivity contribution is 7.10. The summed E-state index contributed by atoms with van der Waals surface area (Å²) in [5.41, 5.74) is 2.72. The smallest absolute Gasteiger partial charge is 0.336 e. The minimum Gasteiger partial charge on any atom is -0.478 e. The first-order chi connectivity index (χ1) is 9.06. The number of rotatable bonds is 5. The first-order valence-corrected chi connectivity index (χ1v) is 7.09. The van der Waals surface area contributed by atoms with E-state index < -0.39 is 5.97 Å². The Bertz CT molecular complexity index is 558. The highest BCUT2D eigenvalue weighted by Gasteiger charge is 2.06. The van der Waals surface area contributed by atoms with Gasteiger partial charge in [0.25, 0.3) is 0 Å². The summed E-state index contributed by atoms with van der Waals surface area (Å²) in [7, 11) is 0. The standard InChI is InChI=1S/C15H17NO2S/c1-10(2)11-3-5-13(6-4-11)16-8-14-7-12(9-19-14)15(17)18/h3-7,9-10,16H,8H2,1-2H3,(H,17,18). The van der Waals surface area contributed by atoms with E-state index in [1.165, 1.54) is 16.9 Å². The summed E-state index contributed by atoms with van der Waals surface area (Å²) in [5, 5.41) is 13.8. The fraction of sp³-hybridized carbons (Fsp3) is 0.267. The number of thiophene rings is 1. The molecule has 100 valence electrons. The molecule has 0 fully saturated rings. The predicted octanol–water partition coefficient (Wildman–Crippen LogP) is 4.18. The number of hydrogen-bond donors (Lipinski definition) is 2. The fourth-order valence-corrected chi connectivity index (χ4v) is 2.56. The van der Waals surface area contributed by atoms with Crippen molar-refractivity contribution < 1.29 is 9.90 Å². The van der Waals surface area contributed by atoms with Gasteiger partial charge in [-0.15, -0.1) is 11.3 Å². The molecule has 0 aliphatic carbocycles. The van der Waals surface area contributed by atoms with E-state index in [1.54, 1.807) is 11.4 Å². The summed E-state index contributed by atoms with van der Waals surface area (Å²) in [5.74, 6) is -0.340. The topological polar surface area (TPSA) is 49.3 Å². The lowest BCUT2D eigenvalue weighted by atomic mass is 10.0. The molecule has 0 unspecified atom stereocenters. The third kappa shape index (κ3) is 3.58. The van der Waals surface area contributed by atoms with E-state index >= 15 is 0 Å². The molecule has 0 aliphatic heterocycles. The first-order valence-electron chi connectivity index (χ1n) is 6.21. The van der Waals surface area contributed by atoms with Crippen LogP contribution in [0.15, 0.2) is 35.7 Å². The van der Waals surface area contributed by atoms with E-state index in [0.29, 0.717) is 18.0 Å². The van der Waals surface area contributed by atoms with Crippen molar-refractivity contribution in [1.82, 2.24) is 0 Å². The molecular weight excluding hydrogens is 258 g/mol. The van der Waals surface area contributed by atoms with Crippen molar-refractivity contribution in [1.29, 1.82) is 0 Å². The minimum absolute atomic E-state index is 0.358. The summed E-state index contributed by atoms with van der Waals surface area (Å²) < 4.78 is 0. The summed E-state index contributed by atoms with van der Waals surface area (Å²) in [4.78, 5) is 11.8. The SMILES string of the molecule is CC(C)c1ccc(NCc2cc(C(=O)O)cs2)cc1. The largest absolute Gasteiger partial charge is 0.478 e. The van der Waals surface area contributed by atoms with E-state index in [0.717, 1.165) is 10.6 Å². The number of anilines is 1. The van der Waals surface area contributed by atoms with Gasteiger partial charge in [-0.2, -0.15) is 0 Å². The van der Waals surface area contributed by atoms with Gasteiger partial charge in [0, 0.05) is 22.5 Å². The lowest BCUT2D eigenvalue weighted by Gasteiger charge is -2.08. The van der Waals surface area contributed by atoms with Gasteiger partial charge in [-0.1, -0.05) is 26.0 Å². The van der Waals surface area contributed by atoms with E-state index in [4.69, 9.17) is 5.11 Å². The van der Waals surface area contributed by atoms with Crippen LogP contribution in [-0.4, -0.2) is 11.1 Å². The lowest BCUT2D eigenvalue weighted by molar-refractivity contribution is 0.0697. The average Bonchev–Trinajstić information content (AvgIpc) is 2.86. The third-order valence-electron chi connectivity index (χ3n) is 2.94. The van der Waals surface area contributed by atoms with E-state index in [-0.39, 0.29) is 0 Å². The number of nitrogens with one attached hydrogen (secondary N) is 1. The normalized spacial score (nSPS) is 10.7. The van der Waals surface area contributed by atoms with Crippen LogP contribution in [0.1, 0.15) is 40.6 Å². The van der Waals surface area contributed by atoms with Crippen molar-refractivity contribution >= 4 is 23.0 Å². The van der Waals surface area contributed by atoms with Gasteiger partial charge in [-0.25, -0.2) is 4.79 Å². The number of carboxylic acid groups (broad SMARTS) is 1. The molecule has 0 spiro atoms. The highest BCUT2D eigenvalue weighted by Crippen LogP contribution is 2.19. The second-order valence-corrected chi connectivity index (χ2v) is 5.73. The van der Waals surface area contributed by atoms with Crippen molar-refractivity contribution in [3.8, 4) is 0 Å². The zero-order chi connectivity index (χ0) is 13.8. The maximum absolute atomic E-state index is 10.8. The van der Waals surface area contributed by atoms with Crippen LogP contribution in [0, 0.1) is 0 Å². The molecule has 0 radical (unpaired) electrons. The number of aromatic carboxylic acids is 1. The Kier molecular flexibility index (Phi) is 4.22. The molecule has 19 heavy (non-hydrogen) atoms. The molecular formula is C15H17NO2S. The maximum Gasteiger partial charge on any atom is 0.336 e. The Balaban J connectivity index is 1.96. The molecule has 0 amide bonds. The van der Waals surface area contributed by atoms with Crippen molar-refractivity contribution in [3.05, 3.63) is 51.7 Å². The first kappa shape index (κ1) is 13.6. The van der Waals surface area contributed by atoms with Crippen molar-refractivity contribution in [2.24, 2.45) is 0 Å². The molecule has 0 saturated carbocycles. The van der Waals surface area contributed by atoms with Crippen LogP contribution in [0.4, 0.5) is 5.69 Å². The van der Waals surface area contributed by atoms with Crippen LogP contribution in [-0.2, 0) is 6.54 Å². The zero-order valence-electron chi connectivity index (χ0n) is 11.0. The maximum atomic E-state index is 10.8. The summed E-state index contributed by atoms with van der Waals surface area (Å²) in [6, 6.07) is 10.1. The number of benzene rings is 1. The summed E-state index contributed by atoms with van der Waals surface area (Å²) in [6.45, 7) is 4.99. The van der Waals surface area contributed by atoms with Crippen molar-refractivity contribution in [2.75, 3.05) is 5.32 Å². The monoisotopic (exact) mass is 275 g/mol. The van der Waals surface area contributed by atoms with Gasteiger partial charge >= 0.3 is 5.97 Å². The quantitative estimate of drug-likeness (QED) is 0.860. The molecule has 3 nitrogen and oxygen atoms in total. The molecule has 1 aromatic carbocycles. The molecule has 2 rings (SSSR count). The molecule has 2 N–H and O–H groups in total. The molecule has 1 aromatic heterocycles. The lowest BCUT2D eigenvalue weighted by Crippen LogP contribution is -1.98. The Morgan fingerprint density at radius 1 is 1.32 bits per heavy atom. The Morgan fingerprint density at radius 2 is 2.00 bits per heavy atom. The Labute approximate surface area is 116 Å². The molecule has 2 aromatic rings. The van der Waals surface area contributed by atoms with Gasteiger partial charge in [0.1, 0.15) is 0 Å². The predicted molar refractivity (Wildman–Crippen MR) is 79.1 cm³/mol. The van der Waals surface area contributed by atoms with Gasteiger partial charge in [-0.3, -0.25) is 0 Å². The van der Waals surface area contributed by atoms with E-state index in [9.17, 15) is 4.79 Å². The van der Waals surface area contributed by atoms with Crippen molar-refractivity contribution in [2.45, 2.75) is 26.3 Å². The van der Waals surface area contributed by atoms with Crippen LogP contribution in [0.2, 0.25) is 0 Å². The molecule has 1 heterocycles. The molecule has 0 atom stereocenters. The van der Waals surface area contributed by atoms with Crippen LogP contribution in [0.5, 0.6) is 0 Å². The molecule has 0 saturated heterocycles. The summed E-state index contributed by atoms with van der Waals surface area (Å²) in [6.07, 6.45) is 0. The zero-order valence-corrected chi connectivity index (χ0v) is 11.8. The van der Waals surface area contributed by atoms with E-state index in [1.807, 2.05) is 0 Å². The van der Waals surface area contributed by atoms with E-state index in [2.05, 4.69) is 43.4 Å². The van der Waals surface area contributed by atoms with Crippen LogP contribution in [0.25, 0.3) is 0 Å². The van der Waals surface area contributed by atoms with Gasteiger partial charge < -0.3 is 10.4 Å². The Hall–Kier alpha value is -1.81. The number of carbonyl (C=O) groups is 1. The average molecular weight is 275 g/mol. The molecule has 0 aliphatic rings. The highest BCUT2D eigenvalue weighted by atomic mass is 32.1. The molecule has 4 heteroatoms. The van der Waals surface area contributed by atoms with Gasteiger partial charge in [0.05, 0.1) is 5.56 Å². The second-order valence-electron chi connectivity index (χ2n) is 4.74. The fourth-order valence-electron chi connectivity index (χ4n) is 1.76. The number of carboxylic acids is 1. The third-order valence-corrected chi connectivity index (χ3v) is 3.88. The van der Waals surface area contributed by atoms with Crippen LogP contribution >= 0.6 is 11.3 Å². The van der Waals surface area contributed by atoms with Crippen molar-refractivity contribution in [3.63, 3.8) is 0 Å². The van der Waals surface area contributed by atoms with Crippen LogP contribution in [0.3, 0.4) is 0 Å². The Morgan fingerprint density at radius 3 is 2.53 bits per heavy atom. The van der Waals surface area contributed by atoms with Gasteiger partial charge in [-0.05, 0) is 29.7 Å². The van der Waals surface area contributed by atoms with Crippen LogP contribution < -0.4 is 5.32 Å². The second kappa shape index (κ2) is 5.89.